The maximum Gasteiger partial charge on any atom is 0.146 e. The van der Waals surface area contributed by atoms with Crippen LogP contribution in [0.3, 0.4) is 0 Å². The standard InChI is InChI=1S/C15H23FN2O/c1-2-18(15-8-4-3-7-14(15)16)10-9-17-12-13-6-5-11-19-13/h3-4,7-8,13,17H,2,5-6,9-12H2,1H3. The van der Waals surface area contributed by atoms with Gasteiger partial charge in [0, 0.05) is 32.8 Å². The van der Waals surface area contributed by atoms with E-state index in [0.717, 1.165) is 39.2 Å². The first-order valence-electron chi connectivity index (χ1n) is 7.13. The second kappa shape index (κ2) is 7.46. The quantitative estimate of drug-likeness (QED) is 0.767. The van der Waals surface area contributed by atoms with Gasteiger partial charge in [-0.15, -0.1) is 0 Å². The molecule has 2 rings (SSSR count). The number of ether oxygens (including phenoxy) is 1. The number of likely N-dealkylation sites (N-methyl/N-ethyl adjacent to an activating group) is 1. The number of benzene rings is 1. The van der Waals surface area contributed by atoms with Gasteiger partial charge in [0.05, 0.1) is 11.8 Å². The van der Waals surface area contributed by atoms with Gasteiger partial charge in [-0.25, -0.2) is 4.39 Å². The minimum atomic E-state index is -0.150. The Hall–Kier alpha value is -1.13. The molecule has 4 heteroatoms. The zero-order valence-electron chi connectivity index (χ0n) is 11.6. The number of nitrogens with zero attached hydrogens (tertiary/aromatic N) is 1. The molecule has 0 amide bonds. The van der Waals surface area contributed by atoms with E-state index in [2.05, 4.69) is 10.2 Å². The van der Waals surface area contributed by atoms with Crippen molar-refractivity contribution in [2.45, 2.75) is 25.9 Å². The first kappa shape index (κ1) is 14.3. The maximum absolute atomic E-state index is 13.7. The Bertz CT molecular complexity index is 380. The van der Waals surface area contributed by atoms with Gasteiger partial charge in [-0.2, -0.15) is 0 Å². The van der Waals surface area contributed by atoms with Crippen LogP contribution in [0.15, 0.2) is 24.3 Å². The Balaban J connectivity index is 1.74. The van der Waals surface area contributed by atoms with Crippen molar-refractivity contribution in [3.63, 3.8) is 0 Å². The van der Waals surface area contributed by atoms with Crippen LogP contribution >= 0.6 is 0 Å². The van der Waals surface area contributed by atoms with Crippen molar-refractivity contribution in [1.29, 1.82) is 0 Å². The molecule has 0 aliphatic carbocycles. The zero-order chi connectivity index (χ0) is 13.5. The molecule has 0 spiro atoms. The lowest BCUT2D eigenvalue weighted by Gasteiger charge is -2.24. The molecular formula is C15H23FN2O. The number of para-hydroxylation sites is 1. The molecule has 3 nitrogen and oxygen atoms in total. The van der Waals surface area contributed by atoms with E-state index in [9.17, 15) is 4.39 Å². The van der Waals surface area contributed by atoms with Gasteiger partial charge in [0.25, 0.3) is 0 Å². The summed E-state index contributed by atoms with van der Waals surface area (Å²) in [5.74, 6) is -0.150. The van der Waals surface area contributed by atoms with Gasteiger partial charge in [0.1, 0.15) is 5.82 Å². The molecule has 106 valence electrons. The summed E-state index contributed by atoms with van der Waals surface area (Å²) >= 11 is 0. The molecule has 19 heavy (non-hydrogen) atoms. The number of nitrogens with one attached hydrogen (secondary N) is 1. The average Bonchev–Trinajstić information content (AvgIpc) is 2.93. The smallest absolute Gasteiger partial charge is 0.146 e. The van der Waals surface area contributed by atoms with Gasteiger partial charge in [0.15, 0.2) is 0 Å². The van der Waals surface area contributed by atoms with Crippen LogP contribution in [-0.4, -0.2) is 38.9 Å². The van der Waals surface area contributed by atoms with Gasteiger partial charge in [-0.3, -0.25) is 0 Å². The molecule has 1 aliphatic rings. The van der Waals surface area contributed by atoms with Gasteiger partial charge >= 0.3 is 0 Å². The summed E-state index contributed by atoms with van der Waals surface area (Å²) in [5, 5.41) is 3.39. The first-order valence-corrected chi connectivity index (χ1v) is 7.13. The highest BCUT2D eigenvalue weighted by atomic mass is 19.1. The third-order valence-corrected chi connectivity index (χ3v) is 3.53. The summed E-state index contributed by atoms with van der Waals surface area (Å²) in [6.45, 7) is 6.30. The fraction of sp³-hybridized carbons (Fsp3) is 0.600. The van der Waals surface area contributed by atoms with Crippen LogP contribution in [0.4, 0.5) is 10.1 Å². The average molecular weight is 266 g/mol. The molecule has 1 heterocycles. The lowest BCUT2D eigenvalue weighted by molar-refractivity contribution is 0.110. The molecule has 1 aromatic carbocycles. The fourth-order valence-electron chi connectivity index (χ4n) is 2.44. The molecule has 1 aromatic rings. The number of hydrogen-bond donors (Lipinski definition) is 1. The Labute approximate surface area is 114 Å². The highest BCUT2D eigenvalue weighted by molar-refractivity contribution is 5.47. The lowest BCUT2D eigenvalue weighted by atomic mass is 10.2. The molecular weight excluding hydrogens is 243 g/mol. The highest BCUT2D eigenvalue weighted by Crippen LogP contribution is 2.17. The van der Waals surface area contributed by atoms with E-state index in [-0.39, 0.29) is 5.82 Å². The summed E-state index contributed by atoms with van der Waals surface area (Å²) in [7, 11) is 0. The lowest BCUT2D eigenvalue weighted by Crippen LogP contribution is -2.35. The van der Waals surface area contributed by atoms with Crippen LogP contribution in [-0.2, 0) is 4.74 Å². The summed E-state index contributed by atoms with van der Waals surface area (Å²) in [4.78, 5) is 2.05. The Morgan fingerprint density at radius 3 is 2.95 bits per heavy atom. The number of halogens is 1. The van der Waals surface area contributed by atoms with Crippen molar-refractivity contribution < 1.29 is 9.13 Å². The van der Waals surface area contributed by atoms with Crippen LogP contribution in [0.25, 0.3) is 0 Å². The summed E-state index contributed by atoms with van der Waals surface area (Å²) in [5.41, 5.74) is 0.684. The summed E-state index contributed by atoms with van der Waals surface area (Å²) < 4.78 is 19.3. The van der Waals surface area contributed by atoms with Crippen molar-refractivity contribution in [2.75, 3.05) is 37.7 Å². The van der Waals surface area contributed by atoms with Crippen LogP contribution in [0.5, 0.6) is 0 Å². The second-order valence-electron chi connectivity index (χ2n) is 4.87. The Morgan fingerprint density at radius 1 is 1.42 bits per heavy atom. The topological polar surface area (TPSA) is 24.5 Å². The van der Waals surface area contributed by atoms with E-state index in [4.69, 9.17) is 4.74 Å². The third-order valence-electron chi connectivity index (χ3n) is 3.53. The highest BCUT2D eigenvalue weighted by Gasteiger charge is 2.14. The molecule has 1 atom stereocenters. The molecule has 1 aliphatic heterocycles. The number of anilines is 1. The van der Waals surface area contributed by atoms with Crippen LogP contribution < -0.4 is 10.2 Å². The molecule has 0 aromatic heterocycles. The Morgan fingerprint density at radius 2 is 2.26 bits per heavy atom. The molecule has 1 N–H and O–H groups in total. The van der Waals surface area contributed by atoms with Gasteiger partial charge in [-0.05, 0) is 31.9 Å². The summed E-state index contributed by atoms with van der Waals surface area (Å²) in [6.07, 6.45) is 2.68. The normalized spacial score (nSPS) is 18.7. The van der Waals surface area contributed by atoms with E-state index in [1.807, 2.05) is 19.1 Å². The largest absolute Gasteiger partial charge is 0.377 e. The fourth-order valence-corrected chi connectivity index (χ4v) is 2.44. The second-order valence-corrected chi connectivity index (χ2v) is 4.87. The molecule has 1 saturated heterocycles. The molecule has 1 unspecified atom stereocenters. The molecule has 1 fully saturated rings. The van der Waals surface area contributed by atoms with Crippen molar-refractivity contribution in [3.8, 4) is 0 Å². The number of hydrogen-bond acceptors (Lipinski definition) is 3. The molecule has 0 radical (unpaired) electrons. The van der Waals surface area contributed by atoms with Gasteiger partial charge in [0.2, 0.25) is 0 Å². The third kappa shape index (κ3) is 4.18. The van der Waals surface area contributed by atoms with E-state index >= 15 is 0 Å². The molecule has 0 bridgehead atoms. The van der Waals surface area contributed by atoms with E-state index in [1.54, 1.807) is 6.07 Å². The minimum Gasteiger partial charge on any atom is -0.377 e. The van der Waals surface area contributed by atoms with Crippen molar-refractivity contribution in [3.05, 3.63) is 30.1 Å². The van der Waals surface area contributed by atoms with Crippen LogP contribution in [0.1, 0.15) is 19.8 Å². The van der Waals surface area contributed by atoms with Crippen molar-refractivity contribution in [2.24, 2.45) is 0 Å². The molecule has 0 saturated carbocycles. The van der Waals surface area contributed by atoms with Gasteiger partial charge in [-0.1, -0.05) is 12.1 Å². The SMILES string of the molecule is CCN(CCNCC1CCCO1)c1ccccc1F. The van der Waals surface area contributed by atoms with E-state index in [1.165, 1.54) is 12.5 Å². The van der Waals surface area contributed by atoms with Crippen molar-refractivity contribution >= 4 is 5.69 Å². The number of rotatable bonds is 7. The predicted octanol–water partition coefficient (Wildman–Crippen LogP) is 2.42. The van der Waals surface area contributed by atoms with E-state index < -0.39 is 0 Å². The van der Waals surface area contributed by atoms with E-state index in [0.29, 0.717) is 11.8 Å². The Kier molecular flexibility index (Phi) is 5.61. The maximum atomic E-state index is 13.7. The predicted molar refractivity (Wildman–Crippen MR) is 76.1 cm³/mol. The first-order chi connectivity index (χ1) is 9.31. The summed E-state index contributed by atoms with van der Waals surface area (Å²) in [6, 6.07) is 6.94. The monoisotopic (exact) mass is 266 g/mol. The van der Waals surface area contributed by atoms with Crippen LogP contribution in [0, 0.1) is 5.82 Å². The zero-order valence-corrected chi connectivity index (χ0v) is 11.6. The van der Waals surface area contributed by atoms with Crippen molar-refractivity contribution in [1.82, 2.24) is 5.32 Å². The van der Waals surface area contributed by atoms with Gasteiger partial charge < -0.3 is 15.0 Å². The minimum absolute atomic E-state index is 0.150. The van der Waals surface area contributed by atoms with Crippen LogP contribution in [0.2, 0.25) is 0 Å².